The molecule has 2 aliphatic heterocycles. The number of anilines is 1. The van der Waals surface area contributed by atoms with Crippen molar-refractivity contribution >= 4 is 17.6 Å². The first-order valence-electron chi connectivity index (χ1n) is 16.3. The lowest BCUT2D eigenvalue weighted by molar-refractivity contribution is -0.192. The summed E-state index contributed by atoms with van der Waals surface area (Å²) < 4.78 is 31.7. The third-order valence-corrected chi connectivity index (χ3v) is 9.88. The Bertz CT molecular complexity index is 1420. The highest BCUT2D eigenvalue weighted by molar-refractivity contribution is 5.78. The van der Waals surface area contributed by atoms with E-state index >= 15 is 0 Å². The fourth-order valence-electron chi connectivity index (χ4n) is 7.48. The van der Waals surface area contributed by atoms with Gasteiger partial charge < -0.3 is 15.3 Å². The summed E-state index contributed by atoms with van der Waals surface area (Å²) in [7, 11) is 4.11. The molecule has 1 amide bonds. The number of benzene rings is 3. The van der Waals surface area contributed by atoms with Gasteiger partial charge in [-0.2, -0.15) is 13.2 Å². The fourth-order valence-corrected chi connectivity index (χ4v) is 7.48. The van der Waals surface area contributed by atoms with E-state index in [4.69, 9.17) is 9.90 Å². The summed E-state index contributed by atoms with van der Waals surface area (Å²) in [6.07, 6.45) is 4.02. The van der Waals surface area contributed by atoms with Crippen LogP contribution < -0.4 is 10.2 Å². The van der Waals surface area contributed by atoms with Crippen molar-refractivity contribution in [2.75, 3.05) is 25.5 Å². The Hall–Kier alpha value is -3.85. The Morgan fingerprint density at radius 3 is 1.87 bits per heavy atom. The molecule has 2 heterocycles. The number of carboxylic acid groups (broad SMARTS) is 1. The molecular formula is C37H44F3N3O3. The lowest BCUT2D eigenvalue weighted by atomic mass is 9.83. The van der Waals surface area contributed by atoms with Crippen molar-refractivity contribution in [2.45, 2.75) is 81.6 Å². The zero-order valence-corrected chi connectivity index (χ0v) is 26.5. The quantitative estimate of drug-likeness (QED) is 0.251. The molecule has 1 aliphatic carbocycles. The van der Waals surface area contributed by atoms with Crippen LogP contribution in [0.15, 0.2) is 78.9 Å². The van der Waals surface area contributed by atoms with Crippen LogP contribution in [0.5, 0.6) is 0 Å². The Morgan fingerprint density at radius 2 is 1.35 bits per heavy atom. The number of fused-ring (bicyclic) bond motifs is 5. The number of carboxylic acids is 1. The summed E-state index contributed by atoms with van der Waals surface area (Å²) in [6.45, 7) is 1.22. The molecule has 3 unspecified atom stereocenters. The summed E-state index contributed by atoms with van der Waals surface area (Å²) in [5.74, 6) is -1.73. The van der Waals surface area contributed by atoms with Crippen molar-refractivity contribution in [3.63, 3.8) is 0 Å². The second-order valence-electron chi connectivity index (χ2n) is 13.0. The molecule has 0 spiro atoms. The summed E-state index contributed by atoms with van der Waals surface area (Å²) >= 11 is 0. The number of hydrogen-bond acceptors (Lipinski definition) is 4. The van der Waals surface area contributed by atoms with Gasteiger partial charge in [0.05, 0.1) is 0 Å². The first-order valence-corrected chi connectivity index (χ1v) is 16.3. The Labute approximate surface area is 269 Å². The topological polar surface area (TPSA) is 72.9 Å². The average Bonchev–Trinajstić information content (AvgIpc) is 3.60. The molecule has 2 fully saturated rings. The van der Waals surface area contributed by atoms with Crippen LogP contribution in [-0.2, 0) is 9.59 Å². The van der Waals surface area contributed by atoms with Crippen LogP contribution >= 0.6 is 0 Å². The van der Waals surface area contributed by atoms with Gasteiger partial charge in [0.15, 0.2) is 0 Å². The number of aliphatic carboxylic acids is 1. The zero-order chi connectivity index (χ0) is 32.8. The molecular weight excluding hydrogens is 591 g/mol. The van der Waals surface area contributed by atoms with Crippen molar-refractivity contribution in [3.05, 3.63) is 101 Å². The maximum absolute atomic E-state index is 13.3. The number of amides is 1. The van der Waals surface area contributed by atoms with Gasteiger partial charge in [-0.15, -0.1) is 0 Å². The minimum absolute atomic E-state index is 0.0682. The van der Waals surface area contributed by atoms with Crippen LogP contribution in [-0.4, -0.2) is 54.7 Å². The molecule has 0 radical (unpaired) electrons. The Kier molecular flexibility index (Phi) is 10.7. The van der Waals surface area contributed by atoms with Gasteiger partial charge in [0.2, 0.25) is 5.91 Å². The molecule has 3 aromatic rings. The molecule has 246 valence electrons. The highest BCUT2D eigenvalue weighted by Crippen LogP contribution is 2.53. The molecule has 46 heavy (non-hydrogen) atoms. The van der Waals surface area contributed by atoms with Crippen LogP contribution in [0.25, 0.3) is 0 Å². The van der Waals surface area contributed by atoms with Crippen LogP contribution in [0.4, 0.5) is 18.9 Å². The number of halogens is 3. The highest BCUT2D eigenvalue weighted by Gasteiger charge is 2.43. The van der Waals surface area contributed by atoms with Gasteiger partial charge in [-0.3, -0.25) is 9.69 Å². The SMILES string of the molecule is CN(C)c1ccc(C(CC(=O)NC2CCC(CCN3C4CCC3c3ccccc34)CC2)c2ccccc2)cc1.O=C(O)C(F)(F)F. The van der Waals surface area contributed by atoms with Crippen molar-refractivity contribution in [1.29, 1.82) is 0 Å². The molecule has 1 saturated heterocycles. The standard InChI is InChI=1S/C35H43N3O.C2HF3O2/c1-37(2)29-18-14-27(15-19-29)32(26-8-4-3-5-9-26)24-35(39)36-28-16-12-25(13-17-28)22-23-38-33-20-21-34(38)31-11-7-6-10-30(31)33;3-2(4,5)1(6)7/h3-11,14-15,18-19,25,28,32-34H,12-13,16-17,20-24H2,1-2H3,(H,36,39);(H,6,7). The molecule has 1 saturated carbocycles. The maximum atomic E-state index is 13.3. The molecule has 2 N–H and O–H groups in total. The molecule has 3 aromatic carbocycles. The van der Waals surface area contributed by atoms with Crippen LogP contribution in [0.2, 0.25) is 0 Å². The first-order chi connectivity index (χ1) is 22.0. The van der Waals surface area contributed by atoms with Crippen molar-refractivity contribution < 1.29 is 27.9 Å². The molecule has 6 nitrogen and oxygen atoms in total. The van der Waals surface area contributed by atoms with Crippen molar-refractivity contribution in [3.8, 4) is 0 Å². The van der Waals surface area contributed by atoms with E-state index in [0.29, 0.717) is 24.5 Å². The summed E-state index contributed by atoms with van der Waals surface area (Å²) in [4.78, 5) is 27.1. The minimum Gasteiger partial charge on any atom is -0.475 e. The van der Waals surface area contributed by atoms with Crippen molar-refractivity contribution in [2.24, 2.45) is 5.92 Å². The van der Waals surface area contributed by atoms with E-state index in [2.05, 4.69) is 102 Å². The third kappa shape index (κ3) is 8.10. The smallest absolute Gasteiger partial charge is 0.475 e. The summed E-state index contributed by atoms with van der Waals surface area (Å²) in [6, 6.07) is 29.9. The van der Waals surface area contributed by atoms with E-state index in [9.17, 15) is 18.0 Å². The average molecular weight is 636 g/mol. The van der Waals surface area contributed by atoms with E-state index in [1.165, 1.54) is 55.5 Å². The minimum atomic E-state index is -5.08. The number of alkyl halides is 3. The van der Waals surface area contributed by atoms with E-state index in [1.807, 2.05) is 6.07 Å². The zero-order valence-electron chi connectivity index (χ0n) is 26.5. The molecule has 9 heteroatoms. The number of rotatable bonds is 9. The van der Waals surface area contributed by atoms with Gasteiger partial charge in [0.1, 0.15) is 0 Å². The Morgan fingerprint density at radius 1 is 0.826 bits per heavy atom. The van der Waals surface area contributed by atoms with Gasteiger partial charge in [0.25, 0.3) is 0 Å². The van der Waals surface area contributed by atoms with Crippen LogP contribution in [0, 0.1) is 5.92 Å². The summed E-state index contributed by atoms with van der Waals surface area (Å²) in [5.41, 5.74) is 6.75. The highest BCUT2D eigenvalue weighted by atomic mass is 19.4. The molecule has 0 aromatic heterocycles. The normalized spacial score (nSPS) is 22.7. The van der Waals surface area contributed by atoms with Gasteiger partial charge >= 0.3 is 12.1 Å². The number of nitrogens with zero attached hydrogens (tertiary/aromatic N) is 2. The predicted octanol–water partition coefficient (Wildman–Crippen LogP) is 7.86. The van der Waals surface area contributed by atoms with Gasteiger partial charge in [-0.25, -0.2) is 4.79 Å². The maximum Gasteiger partial charge on any atom is 0.490 e. The largest absolute Gasteiger partial charge is 0.490 e. The lowest BCUT2D eigenvalue weighted by Crippen LogP contribution is -2.38. The lowest BCUT2D eigenvalue weighted by Gasteiger charge is -2.31. The van der Waals surface area contributed by atoms with E-state index in [0.717, 1.165) is 18.8 Å². The number of carbonyl (C=O) groups excluding carboxylic acids is 1. The van der Waals surface area contributed by atoms with E-state index in [-0.39, 0.29) is 11.8 Å². The third-order valence-electron chi connectivity index (χ3n) is 9.88. The number of hydrogen-bond donors (Lipinski definition) is 2. The van der Waals surface area contributed by atoms with Gasteiger partial charge in [-0.1, -0.05) is 66.7 Å². The predicted molar refractivity (Wildman–Crippen MR) is 174 cm³/mol. The molecule has 6 rings (SSSR count). The molecule has 3 aliphatic rings. The number of carbonyl (C=O) groups is 2. The van der Waals surface area contributed by atoms with Gasteiger partial charge in [-0.05, 0) is 91.8 Å². The van der Waals surface area contributed by atoms with Gasteiger partial charge in [0, 0.05) is 50.2 Å². The van der Waals surface area contributed by atoms with E-state index in [1.54, 1.807) is 11.1 Å². The van der Waals surface area contributed by atoms with Crippen LogP contribution in [0.1, 0.15) is 91.6 Å². The van der Waals surface area contributed by atoms with Crippen LogP contribution in [0.3, 0.4) is 0 Å². The number of nitrogens with one attached hydrogen (secondary N) is 1. The monoisotopic (exact) mass is 635 g/mol. The second kappa shape index (κ2) is 14.7. The Balaban J connectivity index is 0.000000537. The molecule has 3 atom stereocenters. The van der Waals surface area contributed by atoms with Crippen molar-refractivity contribution in [1.82, 2.24) is 10.2 Å². The first kappa shape index (κ1) is 33.5. The van der Waals surface area contributed by atoms with E-state index < -0.39 is 12.1 Å². The second-order valence-corrected chi connectivity index (χ2v) is 13.0. The summed E-state index contributed by atoms with van der Waals surface area (Å²) in [5, 5.41) is 10.5. The fraction of sp³-hybridized carbons (Fsp3) is 0.459. The molecule has 2 bridgehead atoms.